The number of para-hydroxylation sites is 1. The highest BCUT2D eigenvalue weighted by Gasteiger charge is 2.26. The number of hydrogen-bond acceptors (Lipinski definition) is 3. The van der Waals surface area contributed by atoms with Crippen LogP contribution in [0.5, 0.6) is 0 Å². The van der Waals surface area contributed by atoms with E-state index in [2.05, 4.69) is 10.3 Å². The molecule has 2 N–H and O–H groups in total. The number of carbonyl (C=O) groups excluding carboxylic acids is 1. The average Bonchev–Trinajstić information content (AvgIpc) is 3.05. The van der Waals surface area contributed by atoms with E-state index in [9.17, 15) is 22.0 Å². The van der Waals surface area contributed by atoms with Gasteiger partial charge in [0.1, 0.15) is 0 Å². The molecule has 0 aliphatic carbocycles. The highest BCUT2D eigenvalue weighted by molar-refractivity contribution is 7.91. The van der Waals surface area contributed by atoms with E-state index < -0.39 is 26.4 Å². The summed E-state index contributed by atoms with van der Waals surface area (Å²) in [4.78, 5) is 14.8. The third kappa shape index (κ3) is 3.60. The van der Waals surface area contributed by atoms with Crippen LogP contribution in [0.15, 0.2) is 59.6 Å². The number of alkyl halides is 2. The molecular weight excluding hydrogens is 362 g/mol. The van der Waals surface area contributed by atoms with Gasteiger partial charge in [0, 0.05) is 29.2 Å². The number of amides is 1. The Bertz CT molecular complexity index is 1030. The van der Waals surface area contributed by atoms with Gasteiger partial charge in [-0.3, -0.25) is 4.79 Å². The minimum absolute atomic E-state index is 0.206. The van der Waals surface area contributed by atoms with Crippen LogP contribution in [-0.4, -0.2) is 31.6 Å². The van der Waals surface area contributed by atoms with Crippen LogP contribution in [0.1, 0.15) is 15.9 Å². The second-order valence-corrected chi connectivity index (χ2v) is 7.61. The van der Waals surface area contributed by atoms with Crippen LogP contribution in [0.4, 0.5) is 8.78 Å². The lowest BCUT2D eigenvalue weighted by molar-refractivity contribution is 0.0954. The first-order valence-corrected chi connectivity index (χ1v) is 9.39. The van der Waals surface area contributed by atoms with E-state index in [0.29, 0.717) is 13.0 Å². The Balaban J connectivity index is 1.62. The molecule has 0 aliphatic rings. The van der Waals surface area contributed by atoms with E-state index in [1.807, 2.05) is 30.5 Å². The summed E-state index contributed by atoms with van der Waals surface area (Å²) in [6.45, 7) is 0.387. The predicted octanol–water partition coefficient (Wildman–Crippen LogP) is 3.14. The molecule has 0 unspecified atom stereocenters. The molecule has 0 atom stereocenters. The maximum atomic E-state index is 12.5. The van der Waals surface area contributed by atoms with Crippen molar-refractivity contribution in [1.82, 2.24) is 10.3 Å². The summed E-state index contributed by atoms with van der Waals surface area (Å²) in [6, 6.07) is 12.3. The van der Waals surface area contributed by atoms with Crippen molar-refractivity contribution in [3.63, 3.8) is 0 Å². The smallest absolute Gasteiger partial charge is 0.341 e. The van der Waals surface area contributed by atoms with Gasteiger partial charge in [-0.05, 0) is 42.3 Å². The fourth-order valence-electron chi connectivity index (χ4n) is 2.65. The van der Waals surface area contributed by atoms with Gasteiger partial charge in [-0.1, -0.05) is 18.2 Å². The van der Waals surface area contributed by atoms with Crippen molar-refractivity contribution < 1.29 is 22.0 Å². The summed E-state index contributed by atoms with van der Waals surface area (Å²) in [7, 11) is -4.66. The molecule has 0 bridgehead atoms. The molecule has 8 heteroatoms. The molecule has 5 nitrogen and oxygen atoms in total. The maximum Gasteiger partial charge on any atom is 0.341 e. The van der Waals surface area contributed by atoms with E-state index >= 15 is 0 Å². The number of aromatic amines is 1. The number of benzene rings is 2. The number of fused-ring (bicyclic) bond motifs is 1. The molecule has 3 rings (SSSR count). The van der Waals surface area contributed by atoms with E-state index in [4.69, 9.17) is 0 Å². The molecule has 26 heavy (non-hydrogen) atoms. The molecule has 0 radical (unpaired) electrons. The molecule has 2 aromatic carbocycles. The highest BCUT2D eigenvalue weighted by Crippen LogP contribution is 2.19. The Hall–Kier alpha value is -2.74. The lowest BCUT2D eigenvalue weighted by Crippen LogP contribution is -2.25. The van der Waals surface area contributed by atoms with Gasteiger partial charge in [0.2, 0.25) is 9.84 Å². The Morgan fingerprint density at radius 2 is 1.77 bits per heavy atom. The van der Waals surface area contributed by atoms with Gasteiger partial charge in [-0.25, -0.2) is 8.42 Å². The second kappa shape index (κ2) is 7.25. The van der Waals surface area contributed by atoms with Crippen LogP contribution in [0.2, 0.25) is 0 Å². The van der Waals surface area contributed by atoms with Crippen LogP contribution in [0.3, 0.4) is 0 Å². The highest BCUT2D eigenvalue weighted by atomic mass is 32.2. The number of H-pyrrole nitrogens is 1. The fraction of sp³-hybridized carbons (Fsp3) is 0.167. The topological polar surface area (TPSA) is 79.0 Å². The van der Waals surface area contributed by atoms with Gasteiger partial charge in [0.25, 0.3) is 5.91 Å². The van der Waals surface area contributed by atoms with E-state index in [0.717, 1.165) is 28.6 Å². The predicted molar refractivity (Wildman–Crippen MR) is 94.0 cm³/mol. The molecule has 1 aromatic heterocycles. The normalized spacial score (nSPS) is 11.8. The third-order valence-electron chi connectivity index (χ3n) is 4.03. The van der Waals surface area contributed by atoms with Gasteiger partial charge in [-0.15, -0.1) is 0 Å². The molecule has 0 fully saturated rings. The minimum atomic E-state index is -4.66. The van der Waals surface area contributed by atoms with Crippen molar-refractivity contribution in [3.8, 4) is 0 Å². The number of hydrogen-bond donors (Lipinski definition) is 2. The van der Waals surface area contributed by atoms with E-state index in [1.54, 1.807) is 0 Å². The lowest BCUT2D eigenvalue weighted by Gasteiger charge is -2.07. The van der Waals surface area contributed by atoms with E-state index in [1.165, 1.54) is 12.1 Å². The number of halogens is 2. The first kappa shape index (κ1) is 18.1. The van der Waals surface area contributed by atoms with Gasteiger partial charge >= 0.3 is 5.76 Å². The maximum absolute atomic E-state index is 12.5. The van der Waals surface area contributed by atoms with Gasteiger partial charge in [0.15, 0.2) is 0 Å². The zero-order valence-electron chi connectivity index (χ0n) is 13.6. The molecule has 3 aromatic rings. The summed E-state index contributed by atoms with van der Waals surface area (Å²) < 4.78 is 47.7. The van der Waals surface area contributed by atoms with Crippen molar-refractivity contribution in [2.75, 3.05) is 6.54 Å². The van der Waals surface area contributed by atoms with Gasteiger partial charge in [0.05, 0.1) is 4.90 Å². The first-order chi connectivity index (χ1) is 12.4. The molecule has 0 spiro atoms. The summed E-state index contributed by atoms with van der Waals surface area (Å²) in [6.07, 6.45) is 2.51. The van der Waals surface area contributed by atoms with Crippen molar-refractivity contribution >= 4 is 26.6 Å². The lowest BCUT2D eigenvalue weighted by atomic mass is 10.1. The van der Waals surface area contributed by atoms with Gasteiger partial charge < -0.3 is 10.3 Å². The quantitative estimate of drug-likeness (QED) is 0.692. The Morgan fingerprint density at radius 3 is 2.46 bits per heavy atom. The second-order valence-electron chi connectivity index (χ2n) is 5.70. The van der Waals surface area contributed by atoms with Crippen LogP contribution in [0, 0.1) is 0 Å². The van der Waals surface area contributed by atoms with Gasteiger partial charge in [-0.2, -0.15) is 8.78 Å². The van der Waals surface area contributed by atoms with Crippen molar-refractivity contribution in [1.29, 1.82) is 0 Å². The number of aromatic nitrogens is 1. The standard InChI is InChI=1S/C18H16F2N2O3S/c19-18(20)26(24,25)14-7-5-12(6-8-14)17(23)21-10-9-13-11-22-16-4-2-1-3-15(13)16/h1-8,11,18,22H,9-10H2,(H,21,23). The first-order valence-electron chi connectivity index (χ1n) is 7.85. The van der Waals surface area contributed by atoms with Crippen molar-refractivity contribution in [2.45, 2.75) is 17.1 Å². The molecule has 0 saturated carbocycles. The monoisotopic (exact) mass is 378 g/mol. The minimum Gasteiger partial charge on any atom is -0.361 e. The summed E-state index contributed by atoms with van der Waals surface area (Å²) >= 11 is 0. The molecular formula is C18H16F2N2O3S. The average molecular weight is 378 g/mol. The zero-order chi connectivity index (χ0) is 18.7. The fourth-order valence-corrected chi connectivity index (χ4v) is 3.37. The molecule has 136 valence electrons. The third-order valence-corrected chi connectivity index (χ3v) is 5.43. The summed E-state index contributed by atoms with van der Waals surface area (Å²) in [5.74, 6) is -3.89. The zero-order valence-corrected chi connectivity index (χ0v) is 14.4. The Labute approximate surface area is 149 Å². The van der Waals surface area contributed by atoms with Crippen LogP contribution >= 0.6 is 0 Å². The summed E-state index contributed by atoms with van der Waals surface area (Å²) in [5.41, 5.74) is 2.29. The molecule has 1 amide bonds. The van der Waals surface area contributed by atoms with Crippen molar-refractivity contribution in [2.24, 2.45) is 0 Å². The van der Waals surface area contributed by atoms with Crippen LogP contribution in [0.25, 0.3) is 10.9 Å². The van der Waals surface area contributed by atoms with E-state index in [-0.39, 0.29) is 5.56 Å². The molecule has 0 aliphatic heterocycles. The SMILES string of the molecule is O=C(NCCc1c[nH]c2ccccc12)c1ccc(S(=O)(=O)C(F)F)cc1. The van der Waals surface area contributed by atoms with Crippen LogP contribution in [-0.2, 0) is 16.3 Å². The summed E-state index contributed by atoms with van der Waals surface area (Å²) in [5, 5.41) is 3.82. The number of rotatable bonds is 6. The Morgan fingerprint density at radius 1 is 1.08 bits per heavy atom. The van der Waals surface area contributed by atoms with Crippen molar-refractivity contribution in [3.05, 3.63) is 65.9 Å². The van der Waals surface area contributed by atoms with Crippen LogP contribution < -0.4 is 5.32 Å². The number of carbonyl (C=O) groups is 1. The molecule has 1 heterocycles. The molecule has 0 saturated heterocycles. The Kier molecular flexibility index (Phi) is 5.03. The largest absolute Gasteiger partial charge is 0.361 e. The number of sulfone groups is 1. The number of nitrogens with one attached hydrogen (secondary N) is 2.